The monoisotopic (exact) mass is 287 g/mol. The van der Waals surface area contributed by atoms with Crippen LogP contribution in [0, 0.1) is 17.2 Å². The van der Waals surface area contributed by atoms with Crippen molar-refractivity contribution in [1.82, 2.24) is 9.88 Å². The number of hydrogen-bond acceptors (Lipinski definition) is 4. The number of nitrogens with zero attached hydrogens (tertiary/aromatic N) is 3. The van der Waals surface area contributed by atoms with Gasteiger partial charge in [0, 0.05) is 25.8 Å². The topological polar surface area (TPSA) is 49.2 Å². The maximum absolute atomic E-state index is 9.88. The van der Waals surface area contributed by atoms with Crippen molar-refractivity contribution < 1.29 is 4.74 Å². The Hall–Kier alpha value is -1.44. The van der Waals surface area contributed by atoms with E-state index in [4.69, 9.17) is 4.74 Å². The lowest BCUT2D eigenvalue weighted by molar-refractivity contribution is 0.0349. The van der Waals surface area contributed by atoms with Gasteiger partial charge < -0.3 is 4.74 Å². The smallest absolute Gasteiger partial charge is 0.101 e. The van der Waals surface area contributed by atoms with Gasteiger partial charge in [0.1, 0.15) is 5.41 Å². The zero-order chi connectivity index (χ0) is 15.1. The molecule has 1 aliphatic heterocycles. The molecular weight excluding hydrogens is 262 g/mol. The van der Waals surface area contributed by atoms with E-state index in [1.54, 1.807) is 6.20 Å². The van der Waals surface area contributed by atoms with E-state index in [1.807, 2.05) is 18.2 Å². The highest BCUT2D eigenvalue weighted by atomic mass is 16.5. The first-order valence-electron chi connectivity index (χ1n) is 7.79. The van der Waals surface area contributed by atoms with Gasteiger partial charge in [0.15, 0.2) is 0 Å². The summed E-state index contributed by atoms with van der Waals surface area (Å²) in [4.78, 5) is 6.86. The first-order valence-corrected chi connectivity index (χ1v) is 7.79. The van der Waals surface area contributed by atoms with Crippen LogP contribution in [0.3, 0.4) is 0 Å². The Balaban J connectivity index is 2.13. The summed E-state index contributed by atoms with van der Waals surface area (Å²) in [7, 11) is 0. The lowest BCUT2D eigenvalue weighted by atomic mass is 9.75. The second-order valence-corrected chi connectivity index (χ2v) is 6.21. The van der Waals surface area contributed by atoms with Gasteiger partial charge in [-0.05, 0) is 30.9 Å². The minimum atomic E-state index is -0.478. The number of nitriles is 1. The van der Waals surface area contributed by atoms with Gasteiger partial charge >= 0.3 is 0 Å². The summed E-state index contributed by atoms with van der Waals surface area (Å²) in [5.41, 5.74) is 0.433. The standard InChI is InChI=1S/C17H25N3O/c1-15(2)13-17(14-18,16-5-3-4-7-19-16)6-8-20-9-11-21-12-10-20/h3-5,7,15H,6,8-13H2,1-2H3/t17-/m0/s1. The van der Waals surface area contributed by atoms with Crippen LogP contribution in [0.25, 0.3) is 0 Å². The number of hydrogen-bond donors (Lipinski definition) is 0. The van der Waals surface area contributed by atoms with E-state index in [0.717, 1.165) is 51.4 Å². The highest BCUT2D eigenvalue weighted by Gasteiger charge is 2.35. The zero-order valence-corrected chi connectivity index (χ0v) is 13.1. The minimum Gasteiger partial charge on any atom is -0.379 e. The molecule has 4 heteroatoms. The van der Waals surface area contributed by atoms with E-state index in [-0.39, 0.29) is 0 Å². The molecule has 1 fully saturated rings. The molecule has 21 heavy (non-hydrogen) atoms. The normalized spacial score (nSPS) is 19.1. The third-order valence-corrected chi connectivity index (χ3v) is 4.08. The first-order chi connectivity index (χ1) is 10.2. The highest BCUT2D eigenvalue weighted by molar-refractivity contribution is 5.26. The predicted octanol–water partition coefficient (Wildman–Crippen LogP) is 2.61. The molecule has 0 aromatic carbocycles. The SMILES string of the molecule is CC(C)C[C@](C#N)(CCN1CCOCC1)c1ccccn1. The van der Waals surface area contributed by atoms with Gasteiger partial charge in [-0.15, -0.1) is 0 Å². The molecule has 1 aromatic rings. The predicted molar refractivity (Wildman–Crippen MR) is 82.9 cm³/mol. The largest absolute Gasteiger partial charge is 0.379 e. The molecule has 0 unspecified atom stereocenters. The van der Waals surface area contributed by atoms with Crippen LogP contribution in [0.4, 0.5) is 0 Å². The lowest BCUT2D eigenvalue weighted by Crippen LogP contribution is -2.40. The molecule has 1 saturated heterocycles. The maximum atomic E-state index is 9.88. The van der Waals surface area contributed by atoms with E-state index in [2.05, 4.69) is 29.8 Å². The van der Waals surface area contributed by atoms with Crippen molar-refractivity contribution >= 4 is 0 Å². The fourth-order valence-corrected chi connectivity index (χ4v) is 3.01. The summed E-state index contributed by atoms with van der Waals surface area (Å²) in [5, 5.41) is 9.88. The van der Waals surface area contributed by atoms with Crippen LogP contribution in [-0.2, 0) is 10.2 Å². The van der Waals surface area contributed by atoms with E-state index in [0.29, 0.717) is 5.92 Å². The summed E-state index contributed by atoms with van der Waals surface area (Å²) >= 11 is 0. The van der Waals surface area contributed by atoms with Gasteiger partial charge in [-0.25, -0.2) is 0 Å². The molecule has 0 spiro atoms. The lowest BCUT2D eigenvalue weighted by Gasteiger charge is -2.32. The highest BCUT2D eigenvalue weighted by Crippen LogP contribution is 2.33. The van der Waals surface area contributed by atoms with Gasteiger partial charge in [0.2, 0.25) is 0 Å². The summed E-state index contributed by atoms with van der Waals surface area (Å²) in [6.07, 6.45) is 3.47. The van der Waals surface area contributed by atoms with Crippen LogP contribution in [-0.4, -0.2) is 42.7 Å². The van der Waals surface area contributed by atoms with Crippen LogP contribution < -0.4 is 0 Å². The van der Waals surface area contributed by atoms with Crippen LogP contribution in [0.15, 0.2) is 24.4 Å². The summed E-state index contributed by atoms with van der Waals surface area (Å²) in [6, 6.07) is 8.45. The number of rotatable bonds is 6. The third kappa shape index (κ3) is 4.26. The third-order valence-electron chi connectivity index (χ3n) is 4.08. The summed E-state index contributed by atoms with van der Waals surface area (Å²) in [5.74, 6) is 0.469. The number of pyridine rings is 1. The molecule has 0 bridgehead atoms. The van der Waals surface area contributed by atoms with Gasteiger partial charge in [0.05, 0.1) is 25.0 Å². The Morgan fingerprint density at radius 3 is 2.71 bits per heavy atom. The molecule has 0 aliphatic carbocycles. The number of morpholine rings is 1. The molecule has 114 valence electrons. The van der Waals surface area contributed by atoms with E-state index in [1.165, 1.54) is 0 Å². The van der Waals surface area contributed by atoms with Gasteiger partial charge in [-0.2, -0.15) is 5.26 Å². The second-order valence-electron chi connectivity index (χ2n) is 6.21. The van der Waals surface area contributed by atoms with Crippen molar-refractivity contribution in [1.29, 1.82) is 5.26 Å². The van der Waals surface area contributed by atoms with Gasteiger partial charge in [-0.3, -0.25) is 9.88 Å². The van der Waals surface area contributed by atoms with Crippen LogP contribution in [0.1, 0.15) is 32.4 Å². The van der Waals surface area contributed by atoms with E-state index >= 15 is 0 Å². The molecule has 1 atom stereocenters. The van der Waals surface area contributed by atoms with Crippen LogP contribution in [0.5, 0.6) is 0 Å². The molecule has 1 aliphatic rings. The van der Waals surface area contributed by atoms with Crippen LogP contribution >= 0.6 is 0 Å². The first kappa shape index (κ1) is 15.9. The summed E-state index contributed by atoms with van der Waals surface area (Å²) in [6.45, 7) is 8.80. The Morgan fingerprint density at radius 2 is 2.14 bits per heavy atom. The van der Waals surface area contributed by atoms with Gasteiger partial charge in [0.25, 0.3) is 0 Å². The Bertz CT molecular complexity index is 463. The second kappa shape index (κ2) is 7.53. The van der Waals surface area contributed by atoms with E-state index in [9.17, 15) is 5.26 Å². The molecule has 2 rings (SSSR count). The molecule has 0 saturated carbocycles. The summed E-state index contributed by atoms with van der Waals surface area (Å²) < 4.78 is 5.39. The number of aromatic nitrogens is 1. The van der Waals surface area contributed by atoms with Gasteiger partial charge in [-0.1, -0.05) is 19.9 Å². The van der Waals surface area contributed by atoms with Crippen molar-refractivity contribution in [3.63, 3.8) is 0 Å². The molecule has 0 amide bonds. The molecular formula is C17H25N3O. The van der Waals surface area contributed by atoms with Crippen molar-refractivity contribution in [2.24, 2.45) is 5.92 Å². The molecule has 1 aromatic heterocycles. The van der Waals surface area contributed by atoms with Crippen molar-refractivity contribution in [2.75, 3.05) is 32.8 Å². The average molecular weight is 287 g/mol. The molecule has 4 nitrogen and oxygen atoms in total. The molecule has 2 heterocycles. The van der Waals surface area contributed by atoms with Crippen molar-refractivity contribution in [3.05, 3.63) is 30.1 Å². The number of ether oxygens (including phenoxy) is 1. The minimum absolute atomic E-state index is 0.469. The fraction of sp³-hybridized carbons (Fsp3) is 0.647. The Labute approximate surface area is 127 Å². The molecule has 0 N–H and O–H groups in total. The van der Waals surface area contributed by atoms with E-state index < -0.39 is 5.41 Å². The molecule has 0 radical (unpaired) electrons. The fourth-order valence-electron chi connectivity index (χ4n) is 3.01. The maximum Gasteiger partial charge on any atom is 0.101 e. The Morgan fingerprint density at radius 1 is 1.38 bits per heavy atom. The van der Waals surface area contributed by atoms with Crippen LogP contribution in [0.2, 0.25) is 0 Å². The zero-order valence-electron chi connectivity index (χ0n) is 13.1. The average Bonchev–Trinajstić information content (AvgIpc) is 2.53. The quantitative estimate of drug-likeness (QED) is 0.807. The van der Waals surface area contributed by atoms with Crippen molar-refractivity contribution in [2.45, 2.75) is 32.1 Å². The van der Waals surface area contributed by atoms with Crippen molar-refractivity contribution in [3.8, 4) is 6.07 Å². The Kier molecular flexibility index (Phi) is 5.72.